The Kier molecular flexibility index (Phi) is 11.6. The first-order valence-corrected chi connectivity index (χ1v) is 2.90. The van der Waals surface area contributed by atoms with Crippen molar-refractivity contribution in [1.29, 1.82) is 0 Å². The molecule has 0 unspecified atom stereocenters. The molecule has 0 saturated heterocycles. The van der Waals surface area contributed by atoms with E-state index in [0.29, 0.717) is 0 Å². The van der Waals surface area contributed by atoms with Crippen molar-refractivity contribution in [2.24, 2.45) is 5.41 Å². The Morgan fingerprint density at radius 3 is 1.40 bits per heavy atom. The molecule has 2 nitrogen and oxygen atoms in total. The summed E-state index contributed by atoms with van der Waals surface area (Å²) < 4.78 is 0. The molecule has 0 aliphatic heterocycles. The van der Waals surface area contributed by atoms with E-state index < -0.39 is 0 Å². The predicted octanol–water partition coefficient (Wildman–Crippen LogP) is 1.66. The lowest BCUT2D eigenvalue weighted by atomic mass is 9.90. The van der Waals surface area contributed by atoms with Gasteiger partial charge in [-0.1, -0.05) is 28.7 Å². The van der Waals surface area contributed by atoms with Crippen molar-refractivity contribution in [2.75, 3.05) is 13.2 Å². The van der Waals surface area contributed by atoms with Crippen LogP contribution in [0.25, 0.3) is 0 Å². The summed E-state index contributed by atoms with van der Waals surface area (Å²) in [5.74, 6) is 0. The molecule has 66 valence electrons. The first-order chi connectivity index (χ1) is 3.68. The van der Waals surface area contributed by atoms with Gasteiger partial charge in [-0.2, -0.15) is 0 Å². The normalized spacial score (nSPS) is 9.60. The van der Waals surface area contributed by atoms with Crippen LogP contribution in [0.5, 0.6) is 0 Å². The number of rotatable bonds is 3. The molecule has 0 aromatic rings. The third kappa shape index (κ3) is 4.77. The van der Waals surface area contributed by atoms with E-state index in [9.17, 15) is 0 Å². The van der Waals surface area contributed by atoms with Gasteiger partial charge in [0.25, 0.3) is 0 Å². The zero-order valence-corrected chi connectivity index (χ0v) is 5.52. The third-order valence-electron chi connectivity index (χ3n) is 1.62. The van der Waals surface area contributed by atoms with Crippen LogP contribution in [0.2, 0.25) is 0 Å². The lowest BCUT2D eigenvalue weighted by Crippen LogP contribution is -2.24. The number of hydrogen-bond donors (Lipinski definition) is 2. The molecule has 2 heteroatoms. The van der Waals surface area contributed by atoms with Gasteiger partial charge in [0.1, 0.15) is 0 Å². The Morgan fingerprint density at radius 1 is 1.10 bits per heavy atom. The summed E-state index contributed by atoms with van der Waals surface area (Å²) in [6.07, 6.45) is 0.819. The molecule has 0 fully saturated rings. The smallest absolute Gasteiger partial charge is 0.0506 e. The molecular weight excluding hydrogens is 128 g/mol. The molecule has 0 heterocycles. The summed E-state index contributed by atoms with van der Waals surface area (Å²) >= 11 is 0. The Balaban J connectivity index is -0.000000245. The summed E-state index contributed by atoms with van der Waals surface area (Å²) in [6.45, 7) is 3.94. The molecule has 0 bridgehead atoms. The molecule has 2 N–H and O–H groups in total. The Hall–Kier alpha value is -0.0800. The highest BCUT2D eigenvalue weighted by atomic mass is 16.3. The molecule has 0 aromatic heterocycles. The van der Waals surface area contributed by atoms with Crippen LogP contribution in [-0.4, -0.2) is 23.4 Å². The van der Waals surface area contributed by atoms with Crippen LogP contribution in [0.15, 0.2) is 0 Å². The molecule has 10 heavy (non-hydrogen) atoms. The highest BCUT2D eigenvalue weighted by molar-refractivity contribution is 4.68. The Morgan fingerprint density at radius 2 is 1.40 bits per heavy atom. The molecule has 0 atom stereocenters. The van der Waals surface area contributed by atoms with Crippen molar-refractivity contribution in [3.05, 3.63) is 0 Å². The first-order valence-electron chi connectivity index (χ1n) is 2.90. The van der Waals surface area contributed by atoms with Crippen LogP contribution in [0.1, 0.15) is 35.1 Å². The fraction of sp³-hybridized carbons (Fsp3) is 1.00. The fourth-order valence-electron chi connectivity index (χ4n) is 0.274. The summed E-state index contributed by atoms with van der Waals surface area (Å²) in [6, 6.07) is 0. The van der Waals surface area contributed by atoms with E-state index in [1.165, 1.54) is 0 Å². The second-order valence-electron chi connectivity index (χ2n) is 2.48. The summed E-state index contributed by atoms with van der Waals surface area (Å²) in [7, 11) is 0. The second kappa shape index (κ2) is 7.03. The van der Waals surface area contributed by atoms with Crippen molar-refractivity contribution in [2.45, 2.75) is 35.1 Å². The molecule has 0 spiro atoms. The van der Waals surface area contributed by atoms with Crippen molar-refractivity contribution in [3.63, 3.8) is 0 Å². The van der Waals surface area contributed by atoms with Gasteiger partial charge in [-0.3, -0.25) is 0 Å². The van der Waals surface area contributed by atoms with Gasteiger partial charge in [0.2, 0.25) is 0 Å². The highest BCUT2D eigenvalue weighted by Gasteiger charge is 2.18. The molecule has 0 saturated carbocycles. The van der Waals surface area contributed by atoms with E-state index in [2.05, 4.69) is 0 Å². The third-order valence-corrected chi connectivity index (χ3v) is 1.62. The van der Waals surface area contributed by atoms with Crippen LogP contribution in [-0.2, 0) is 0 Å². The van der Waals surface area contributed by atoms with E-state index >= 15 is 0 Å². The number of aliphatic hydroxyl groups excluding tert-OH is 2. The Bertz CT molecular complexity index is 50.0. The van der Waals surface area contributed by atoms with Crippen molar-refractivity contribution >= 4 is 0 Å². The van der Waals surface area contributed by atoms with Crippen molar-refractivity contribution in [3.8, 4) is 0 Å². The second-order valence-corrected chi connectivity index (χ2v) is 2.48. The molecular formula is C8H22O2. The average Bonchev–Trinajstić information content (AvgIpc) is 1.87. The predicted molar refractivity (Wildman–Crippen MR) is 46.0 cm³/mol. The minimum absolute atomic E-state index is 0. The van der Waals surface area contributed by atoms with E-state index in [1.54, 1.807) is 0 Å². The minimum atomic E-state index is -0.264. The van der Waals surface area contributed by atoms with Gasteiger partial charge in [-0.05, 0) is 6.42 Å². The first kappa shape index (κ1) is 16.5. The monoisotopic (exact) mass is 150 g/mol. The summed E-state index contributed by atoms with van der Waals surface area (Å²) in [5, 5.41) is 17.3. The topological polar surface area (TPSA) is 40.5 Å². The van der Waals surface area contributed by atoms with E-state index in [4.69, 9.17) is 10.2 Å². The molecule has 0 aliphatic carbocycles. The molecule has 0 aromatic carbocycles. The van der Waals surface area contributed by atoms with Crippen LogP contribution in [0, 0.1) is 5.41 Å². The van der Waals surface area contributed by atoms with Gasteiger partial charge in [0.15, 0.2) is 0 Å². The zero-order valence-electron chi connectivity index (χ0n) is 5.52. The summed E-state index contributed by atoms with van der Waals surface area (Å²) in [5.41, 5.74) is -0.264. The average molecular weight is 150 g/mol. The van der Waals surface area contributed by atoms with Crippen molar-refractivity contribution in [1.82, 2.24) is 0 Å². The van der Waals surface area contributed by atoms with E-state index in [0.717, 1.165) is 6.42 Å². The van der Waals surface area contributed by atoms with Crippen LogP contribution < -0.4 is 0 Å². The van der Waals surface area contributed by atoms with Crippen LogP contribution in [0.4, 0.5) is 0 Å². The zero-order chi connectivity index (χ0) is 6.62. The van der Waals surface area contributed by atoms with Crippen molar-refractivity contribution < 1.29 is 10.2 Å². The van der Waals surface area contributed by atoms with Gasteiger partial charge >= 0.3 is 0 Å². The molecule has 0 aliphatic rings. The lowest BCUT2D eigenvalue weighted by molar-refractivity contribution is 0.0670. The summed E-state index contributed by atoms with van der Waals surface area (Å²) in [4.78, 5) is 0. The fourth-order valence-corrected chi connectivity index (χ4v) is 0.274. The molecule has 0 radical (unpaired) electrons. The molecule has 0 amide bonds. The van der Waals surface area contributed by atoms with E-state index in [-0.39, 0.29) is 33.5 Å². The minimum Gasteiger partial charge on any atom is -0.396 e. The maximum absolute atomic E-state index is 8.63. The lowest BCUT2D eigenvalue weighted by Gasteiger charge is -2.21. The largest absolute Gasteiger partial charge is 0.396 e. The maximum Gasteiger partial charge on any atom is 0.0506 e. The van der Waals surface area contributed by atoms with Gasteiger partial charge in [0, 0.05) is 5.41 Å². The van der Waals surface area contributed by atoms with Gasteiger partial charge < -0.3 is 10.2 Å². The standard InChI is InChI=1S/C6H14O2.2CH4/c1-3-6(2,4-7)5-8;;/h7-8H,3-5H2,1-2H3;2*1H4. The highest BCUT2D eigenvalue weighted by Crippen LogP contribution is 2.17. The Labute approximate surface area is 64.9 Å². The number of aliphatic hydroxyl groups is 2. The van der Waals surface area contributed by atoms with Gasteiger partial charge in [-0.25, -0.2) is 0 Å². The van der Waals surface area contributed by atoms with Crippen LogP contribution >= 0.6 is 0 Å². The van der Waals surface area contributed by atoms with E-state index in [1.807, 2.05) is 13.8 Å². The van der Waals surface area contributed by atoms with Crippen LogP contribution in [0.3, 0.4) is 0 Å². The quantitative estimate of drug-likeness (QED) is 0.642. The number of hydrogen-bond acceptors (Lipinski definition) is 2. The molecule has 0 rings (SSSR count). The SMILES string of the molecule is C.C.CCC(C)(CO)CO. The maximum atomic E-state index is 8.63. The van der Waals surface area contributed by atoms with Gasteiger partial charge in [-0.15, -0.1) is 0 Å². The van der Waals surface area contributed by atoms with Gasteiger partial charge in [0.05, 0.1) is 13.2 Å².